The summed E-state index contributed by atoms with van der Waals surface area (Å²) in [6.07, 6.45) is 4.42. The lowest BCUT2D eigenvalue weighted by Gasteiger charge is -2.26. The lowest BCUT2D eigenvalue weighted by Crippen LogP contribution is -2.34. The van der Waals surface area contributed by atoms with Crippen LogP contribution in [0.25, 0.3) is 11.1 Å². The average Bonchev–Trinajstić information content (AvgIpc) is 2.93. The van der Waals surface area contributed by atoms with Crippen molar-refractivity contribution in [3.8, 4) is 16.9 Å². The number of nitrogens with zero attached hydrogens (tertiary/aromatic N) is 2. The highest BCUT2D eigenvalue weighted by Gasteiger charge is 2.21. The second kappa shape index (κ2) is 7.16. The highest BCUT2D eigenvalue weighted by Crippen LogP contribution is 2.38. The number of aromatic nitrogens is 2. The lowest BCUT2D eigenvalue weighted by atomic mass is 10.0. The Morgan fingerprint density at radius 1 is 1.21 bits per heavy atom. The van der Waals surface area contributed by atoms with Crippen LogP contribution < -0.4 is 10.1 Å². The third-order valence-corrected chi connectivity index (χ3v) is 4.76. The van der Waals surface area contributed by atoms with Crippen LogP contribution in [0.15, 0.2) is 18.3 Å². The summed E-state index contributed by atoms with van der Waals surface area (Å²) >= 11 is 6.34. The predicted molar refractivity (Wildman–Crippen MR) is 99.1 cm³/mol. The molecule has 1 aliphatic rings. The van der Waals surface area contributed by atoms with Crippen molar-refractivity contribution in [1.29, 1.82) is 0 Å². The van der Waals surface area contributed by atoms with Crippen LogP contribution in [-0.4, -0.2) is 29.0 Å². The van der Waals surface area contributed by atoms with Crippen LogP contribution in [-0.2, 0) is 0 Å². The molecule has 0 radical (unpaired) electrons. The van der Waals surface area contributed by atoms with Gasteiger partial charge in [-0.25, -0.2) is 0 Å². The molecular formula is C19H26ClN3O. The Morgan fingerprint density at radius 2 is 1.92 bits per heavy atom. The molecule has 1 aromatic heterocycles. The van der Waals surface area contributed by atoms with E-state index in [9.17, 15) is 0 Å². The molecule has 0 aliphatic carbocycles. The highest BCUT2D eigenvalue weighted by molar-refractivity contribution is 6.31. The molecule has 1 aliphatic heterocycles. The minimum absolute atomic E-state index is 0.255. The van der Waals surface area contributed by atoms with E-state index in [1.165, 1.54) is 0 Å². The number of rotatable bonds is 4. The van der Waals surface area contributed by atoms with Crippen LogP contribution in [0.1, 0.15) is 44.0 Å². The Labute approximate surface area is 149 Å². The number of hydrogen-bond donors (Lipinski definition) is 1. The van der Waals surface area contributed by atoms with Crippen LogP contribution in [0.4, 0.5) is 0 Å². The van der Waals surface area contributed by atoms with Crippen LogP contribution in [0.5, 0.6) is 5.75 Å². The van der Waals surface area contributed by atoms with E-state index in [-0.39, 0.29) is 6.10 Å². The van der Waals surface area contributed by atoms with Crippen molar-refractivity contribution in [2.75, 3.05) is 13.1 Å². The molecule has 0 spiro atoms. The maximum absolute atomic E-state index is 6.42. The van der Waals surface area contributed by atoms with Crippen molar-refractivity contribution in [2.45, 2.75) is 52.7 Å². The molecule has 130 valence electrons. The number of piperidine rings is 1. The van der Waals surface area contributed by atoms with Crippen LogP contribution >= 0.6 is 11.6 Å². The first-order valence-corrected chi connectivity index (χ1v) is 9.07. The summed E-state index contributed by atoms with van der Waals surface area (Å²) < 4.78 is 8.41. The smallest absolute Gasteiger partial charge is 0.130 e. The Balaban J connectivity index is 2.02. The molecular weight excluding hydrogens is 322 g/mol. The van der Waals surface area contributed by atoms with Gasteiger partial charge in [-0.05, 0) is 71.3 Å². The van der Waals surface area contributed by atoms with Crippen molar-refractivity contribution in [3.63, 3.8) is 0 Å². The number of halogens is 1. The van der Waals surface area contributed by atoms with Crippen molar-refractivity contribution in [1.82, 2.24) is 15.1 Å². The van der Waals surface area contributed by atoms with Gasteiger partial charge in [0.1, 0.15) is 11.9 Å². The van der Waals surface area contributed by atoms with Gasteiger partial charge in [0.15, 0.2) is 0 Å². The molecule has 4 nitrogen and oxygen atoms in total. The summed E-state index contributed by atoms with van der Waals surface area (Å²) in [6.45, 7) is 10.4. The SMILES string of the molecule is Cc1cc(Cl)cc(-c2cn(C(C)C)nc2C)c1OC1CCNCC1. The van der Waals surface area contributed by atoms with Gasteiger partial charge >= 0.3 is 0 Å². The molecule has 0 atom stereocenters. The number of hydrogen-bond acceptors (Lipinski definition) is 3. The van der Waals surface area contributed by atoms with Gasteiger partial charge in [-0.1, -0.05) is 11.6 Å². The minimum atomic E-state index is 0.255. The molecule has 1 aromatic carbocycles. The monoisotopic (exact) mass is 347 g/mol. The normalized spacial score (nSPS) is 15.9. The summed E-state index contributed by atoms with van der Waals surface area (Å²) in [4.78, 5) is 0. The van der Waals surface area contributed by atoms with E-state index >= 15 is 0 Å². The number of aryl methyl sites for hydroxylation is 2. The fourth-order valence-corrected chi connectivity index (χ4v) is 3.45. The largest absolute Gasteiger partial charge is 0.489 e. The number of ether oxygens (including phenoxy) is 1. The summed E-state index contributed by atoms with van der Waals surface area (Å²) in [5, 5.41) is 8.76. The molecule has 1 fully saturated rings. The Kier molecular flexibility index (Phi) is 5.16. The Morgan fingerprint density at radius 3 is 2.54 bits per heavy atom. The third-order valence-electron chi connectivity index (χ3n) is 4.55. The number of nitrogens with one attached hydrogen (secondary N) is 1. The molecule has 0 bridgehead atoms. The molecule has 2 aromatic rings. The Hall–Kier alpha value is -1.52. The molecule has 0 unspecified atom stereocenters. The van der Waals surface area contributed by atoms with Crippen LogP contribution in [0.3, 0.4) is 0 Å². The van der Waals surface area contributed by atoms with Gasteiger partial charge in [0.2, 0.25) is 0 Å². The molecule has 1 N–H and O–H groups in total. The van der Waals surface area contributed by atoms with Crippen LogP contribution in [0, 0.1) is 13.8 Å². The topological polar surface area (TPSA) is 39.1 Å². The van der Waals surface area contributed by atoms with E-state index in [0.717, 1.165) is 59.1 Å². The first kappa shape index (κ1) is 17.3. The van der Waals surface area contributed by atoms with Gasteiger partial charge in [-0.3, -0.25) is 4.68 Å². The van der Waals surface area contributed by atoms with E-state index in [2.05, 4.69) is 37.4 Å². The van der Waals surface area contributed by atoms with Crippen molar-refractivity contribution >= 4 is 11.6 Å². The molecule has 24 heavy (non-hydrogen) atoms. The van der Waals surface area contributed by atoms with E-state index in [1.807, 2.05) is 23.7 Å². The highest BCUT2D eigenvalue weighted by atomic mass is 35.5. The molecule has 5 heteroatoms. The fraction of sp³-hybridized carbons (Fsp3) is 0.526. The quantitative estimate of drug-likeness (QED) is 0.883. The first-order chi connectivity index (χ1) is 11.5. The van der Waals surface area contributed by atoms with Gasteiger partial charge in [-0.2, -0.15) is 5.10 Å². The fourth-order valence-electron chi connectivity index (χ4n) is 3.18. The van der Waals surface area contributed by atoms with Gasteiger partial charge < -0.3 is 10.1 Å². The molecule has 2 heterocycles. The van der Waals surface area contributed by atoms with Crippen LogP contribution in [0.2, 0.25) is 5.02 Å². The van der Waals surface area contributed by atoms with E-state index < -0.39 is 0 Å². The first-order valence-electron chi connectivity index (χ1n) is 8.69. The average molecular weight is 348 g/mol. The number of benzene rings is 1. The van der Waals surface area contributed by atoms with Gasteiger partial charge in [0, 0.05) is 28.4 Å². The van der Waals surface area contributed by atoms with Gasteiger partial charge in [0.25, 0.3) is 0 Å². The summed E-state index contributed by atoms with van der Waals surface area (Å²) in [6, 6.07) is 4.30. The zero-order valence-electron chi connectivity index (χ0n) is 14.9. The zero-order chi connectivity index (χ0) is 17.3. The second-order valence-electron chi connectivity index (χ2n) is 6.87. The third kappa shape index (κ3) is 3.60. The Bertz CT molecular complexity index is 718. The van der Waals surface area contributed by atoms with E-state index in [0.29, 0.717) is 6.04 Å². The molecule has 0 amide bonds. The van der Waals surface area contributed by atoms with E-state index in [4.69, 9.17) is 16.3 Å². The minimum Gasteiger partial charge on any atom is -0.489 e. The zero-order valence-corrected chi connectivity index (χ0v) is 15.7. The molecule has 1 saturated heterocycles. The van der Waals surface area contributed by atoms with Crippen molar-refractivity contribution in [2.24, 2.45) is 0 Å². The maximum atomic E-state index is 6.42. The van der Waals surface area contributed by atoms with E-state index in [1.54, 1.807) is 0 Å². The summed E-state index contributed by atoms with van der Waals surface area (Å²) in [7, 11) is 0. The summed E-state index contributed by atoms with van der Waals surface area (Å²) in [5.41, 5.74) is 4.22. The molecule has 0 saturated carbocycles. The predicted octanol–water partition coefficient (Wildman–Crippen LogP) is 4.53. The summed E-state index contributed by atoms with van der Waals surface area (Å²) in [5.74, 6) is 0.942. The van der Waals surface area contributed by atoms with Gasteiger partial charge in [-0.15, -0.1) is 0 Å². The molecule has 3 rings (SSSR count). The maximum Gasteiger partial charge on any atom is 0.130 e. The second-order valence-corrected chi connectivity index (χ2v) is 7.30. The van der Waals surface area contributed by atoms with Gasteiger partial charge in [0.05, 0.1) is 5.69 Å². The standard InChI is InChI=1S/C19H26ClN3O/c1-12(2)23-11-18(14(4)22-23)17-10-15(20)9-13(3)19(17)24-16-5-7-21-8-6-16/h9-12,16,21H,5-8H2,1-4H3. The van der Waals surface area contributed by atoms with Crippen molar-refractivity contribution < 1.29 is 4.74 Å². The lowest BCUT2D eigenvalue weighted by molar-refractivity contribution is 0.162. The van der Waals surface area contributed by atoms with Crippen molar-refractivity contribution in [3.05, 3.63) is 34.6 Å².